The van der Waals surface area contributed by atoms with Crippen LogP contribution in [0.25, 0.3) is 0 Å². The number of sulfone groups is 1. The normalized spacial score (nSPS) is 15.3. The minimum absolute atomic E-state index is 0.118. The second-order valence-corrected chi connectivity index (χ2v) is 9.81. The molecule has 0 unspecified atom stereocenters. The van der Waals surface area contributed by atoms with Gasteiger partial charge in [-0.25, -0.2) is 17.8 Å². The van der Waals surface area contributed by atoms with Crippen LogP contribution in [-0.4, -0.2) is 57.3 Å². The first kappa shape index (κ1) is 22.6. The second-order valence-electron chi connectivity index (χ2n) is 7.67. The number of aliphatic imine (C=N–C) groups is 1. The van der Waals surface area contributed by atoms with E-state index in [-0.39, 0.29) is 12.3 Å². The molecule has 1 fully saturated rings. The molecule has 1 aliphatic rings. The van der Waals surface area contributed by atoms with Crippen LogP contribution < -0.4 is 10.6 Å². The van der Waals surface area contributed by atoms with E-state index in [4.69, 9.17) is 0 Å². The first-order valence-corrected chi connectivity index (χ1v) is 12.0. The van der Waals surface area contributed by atoms with Crippen LogP contribution >= 0.6 is 0 Å². The molecule has 0 radical (unpaired) electrons. The van der Waals surface area contributed by atoms with E-state index in [1.807, 2.05) is 6.92 Å². The molecule has 28 heavy (non-hydrogen) atoms. The third kappa shape index (κ3) is 7.75. The van der Waals surface area contributed by atoms with Crippen molar-refractivity contribution in [1.82, 2.24) is 15.5 Å². The predicted octanol–water partition coefficient (Wildman–Crippen LogP) is 2.30. The van der Waals surface area contributed by atoms with Gasteiger partial charge < -0.3 is 10.6 Å². The van der Waals surface area contributed by atoms with Crippen LogP contribution in [0, 0.1) is 5.82 Å². The van der Waals surface area contributed by atoms with E-state index >= 15 is 0 Å². The number of benzene rings is 1. The van der Waals surface area contributed by atoms with Gasteiger partial charge in [0.2, 0.25) is 0 Å². The van der Waals surface area contributed by atoms with Crippen molar-refractivity contribution in [3.05, 3.63) is 35.1 Å². The molecule has 1 aromatic carbocycles. The Morgan fingerprint density at radius 1 is 1.29 bits per heavy atom. The van der Waals surface area contributed by atoms with Gasteiger partial charge in [-0.1, -0.05) is 6.07 Å². The van der Waals surface area contributed by atoms with Crippen LogP contribution in [0.2, 0.25) is 0 Å². The summed E-state index contributed by atoms with van der Waals surface area (Å²) >= 11 is 0. The summed E-state index contributed by atoms with van der Waals surface area (Å²) in [6.07, 6.45) is 3.72. The summed E-state index contributed by atoms with van der Waals surface area (Å²) in [5.41, 5.74) is 1.17. The molecule has 0 aromatic heterocycles. The fraction of sp³-hybridized carbons (Fsp3) is 0.650. The highest BCUT2D eigenvalue weighted by molar-refractivity contribution is 7.89. The molecule has 0 heterocycles. The van der Waals surface area contributed by atoms with E-state index in [9.17, 15) is 12.8 Å². The predicted molar refractivity (Wildman–Crippen MR) is 113 cm³/mol. The quantitative estimate of drug-likeness (QED) is 0.456. The van der Waals surface area contributed by atoms with Crippen molar-refractivity contribution < 1.29 is 12.8 Å². The zero-order valence-electron chi connectivity index (χ0n) is 17.3. The van der Waals surface area contributed by atoms with Gasteiger partial charge in [-0.2, -0.15) is 0 Å². The Hall–Kier alpha value is -1.67. The lowest BCUT2D eigenvalue weighted by Gasteiger charge is -2.26. The summed E-state index contributed by atoms with van der Waals surface area (Å²) < 4.78 is 36.9. The molecule has 0 bridgehead atoms. The van der Waals surface area contributed by atoms with E-state index in [1.165, 1.54) is 37.3 Å². The monoisotopic (exact) mass is 412 g/mol. The maximum absolute atomic E-state index is 13.7. The Balaban J connectivity index is 2.02. The number of guanidine groups is 1. The van der Waals surface area contributed by atoms with Gasteiger partial charge >= 0.3 is 0 Å². The topological polar surface area (TPSA) is 73.8 Å². The Morgan fingerprint density at radius 3 is 2.57 bits per heavy atom. The highest BCUT2D eigenvalue weighted by Gasteiger charge is 2.30. The largest absolute Gasteiger partial charge is 0.357 e. The molecule has 8 heteroatoms. The van der Waals surface area contributed by atoms with E-state index in [0.29, 0.717) is 35.7 Å². The molecular weight excluding hydrogens is 379 g/mol. The van der Waals surface area contributed by atoms with Crippen molar-refractivity contribution in [1.29, 1.82) is 0 Å². The number of nitrogens with one attached hydrogen (secondary N) is 2. The van der Waals surface area contributed by atoms with E-state index in [2.05, 4.69) is 34.4 Å². The molecule has 0 atom stereocenters. The van der Waals surface area contributed by atoms with Gasteiger partial charge in [-0.3, -0.25) is 4.90 Å². The number of rotatable bonds is 10. The van der Waals surface area contributed by atoms with Crippen LogP contribution in [0.4, 0.5) is 4.39 Å². The number of hydrogen-bond acceptors (Lipinski definition) is 4. The summed E-state index contributed by atoms with van der Waals surface area (Å²) in [4.78, 5) is 7.03. The molecular formula is C20H33FN4O2S. The first-order chi connectivity index (χ1) is 13.2. The first-order valence-electron chi connectivity index (χ1n) is 9.92. The summed E-state index contributed by atoms with van der Waals surface area (Å²) in [5.74, 6) is 0.140. The van der Waals surface area contributed by atoms with E-state index in [0.717, 1.165) is 13.1 Å². The Morgan fingerprint density at radius 2 is 2.00 bits per heavy atom. The average molecular weight is 413 g/mol. The molecule has 1 saturated carbocycles. The molecule has 1 aliphatic carbocycles. The highest BCUT2D eigenvalue weighted by Crippen LogP contribution is 2.27. The van der Waals surface area contributed by atoms with E-state index < -0.39 is 15.7 Å². The standard InChI is InChI=1S/C20H33FN4O2S/c1-5-22-20(23-10-11-25(15(2)3)19-8-9-19)24-13-17-12-18(21)7-6-16(17)14-28(4,26)27/h6-7,12,15,19H,5,8-11,13-14H2,1-4H3,(H2,22,23,24). The highest BCUT2D eigenvalue weighted by atomic mass is 32.2. The molecule has 0 amide bonds. The molecule has 0 spiro atoms. The van der Waals surface area contributed by atoms with Crippen molar-refractivity contribution in [3.8, 4) is 0 Å². The Labute approximate surface area is 168 Å². The molecule has 0 saturated heterocycles. The minimum atomic E-state index is -3.20. The summed E-state index contributed by atoms with van der Waals surface area (Å²) in [6, 6.07) is 5.39. The summed E-state index contributed by atoms with van der Waals surface area (Å²) in [6.45, 7) is 9.04. The summed E-state index contributed by atoms with van der Waals surface area (Å²) in [5, 5.41) is 6.52. The van der Waals surface area contributed by atoms with Crippen LogP contribution in [-0.2, 0) is 22.1 Å². The third-order valence-electron chi connectivity index (χ3n) is 4.68. The molecule has 6 nitrogen and oxygen atoms in total. The molecule has 0 aliphatic heterocycles. The van der Waals surface area contributed by atoms with Gasteiger partial charge in [0.25, 0.3) is 0 Å². The SMILES string of the molecule is CCNC(=NCc1cc(F)ccc1CS(C)(=O)=O)NCCN(C(C)C)C1CC1. The van der Waals surface area contributed by atoms with Gasteiger partial charge in [0.1, 0.15) is 5.82 Å². The fourth-order valence-corrected chi connectivity index (χ4v) is 4.09. The molecule has 1 aromatic rings. The van der Waals surface area contributed by atoms with Crippen molar-refractivity contribution in [2.75, 3.05) is 25.9 Å². The van der Waals surface area contributed by atoms with Crippen molar-refractivity contribution >= 4 is 15.8 Å². The maximum atomic E-state index is 13.7. The fourth-order valence-electron chi connectivity index (χ4n) is 3.24. The number of nitrogens with zero attached hydrogens (tertiary/aromatic N) is 2. The molecule has 2 rings (SSSR count). The van der Waals surface area contributed by atoms with Crippen LogP contribution in [0.3, 0.4) is 0 Å². The van der Waals surface area contributed by atoms with E-state index in [1.54, 1.807) is 0 Å². The van der Waals surface area contributed by atoms with Gasteiger partial charge in [0.05, 0.1) is 12.3 Å². The lowest BCUT2D eigenvalue weighted by atomic mass is 10.1. The second kappa shape index (κ2) is 10.2. The van der Waals surface area contributed by atoms with Crippen molar-refractivity contribution in [3.63, 3.8) is 0 Å². The smallest absolute Gasteiger partial charge is 0.191 e. The maximum Gasteiger partial charge on any atom is 0.191 e. The summed E-state index contributed by atoms with van der Waals surface area (Å²) in [7, 11) is -3.20. The van der Waals surface area contributed by atoms with Gasteiger partial charge in [-0.05, 0) is 56.9 Å². The van der Waals surface area contributed by atoms with Gasteiger partial charge in [0.15, 0.2) is 15.8 Å². The van der Waals surface area contributed by atoms with Crippen LogP contribution in [0.1, 0.15) is 44.7 Å². The van der Waals surface area contributed by atoms with Crippen LogP contribution in [0.15, 0.2) is 23.2 Å². The lowest BCUT2D eigenvalue weighted by molar-refractivity contribution is 0.215. The lowest BCUT2D eigenvalue weighted by Crippen LogP contribution is -2.43. The Bertz CT molecular complexity index is 774. The van der Waals surface area contributed by atoms with Gasteiger partial charge in [-0.15, -0.1) is 0 Å². The van der Waals surface area contributed by atoms with Gasteiger partial charge in [0, 0.05) is 38.0 Å². The average Bonchev–Trinajstić information content (AvgIpc) is 3.41. The Kier molecular flexibility index (Phi) is 8.24. The van der Waals surface area contributed by atoms with Crippen molar-refractivity contribution in [2.24, 2.45) is 4.99 Å². The number of halogens is 1. The number of hydrogen-bond donors (Lipinski definition) is 2. The molecule has 2 N–H and O–H groups in total. The minimum Gasteiger partial charge on any atom is -0.357 e. The molecule has 158 valence electrons. The zero-order chi connectivity index (χ0) is 20.7. The van der Waals surface area contributed by atoms with Crippen LogP contribution in [0.5, 0.6) is 0 Å². The zero-order valence-corrected chi connectivity index (χ0v) is 18.2. The third-order valence-corrected chi connectivity index (χ3v) is 5.51. The van der Waals surface area contributed by atoms with Crippen molar-refractivity contribution in [2.45, 2.75) is 58.0 Å².